The standard InChI is InChI=1S/C12H13F2N3O2S2/c1-7-11(20-6-16-7)5-17(2)21(18,19)12-9(13)3-8(15)4-10(12)14/h3-4,6H,5,15H2,1-2H3. The van der Waals surface area contributed by atoms with E-state index in [1.165, 1.54) is 18.4 Å². The molecule has 5 nitrogen and oxygen atoms in total. The largest absolute Gasteiger partial charge is 0.399 e. The van der Waals surface area contributed by atoms with Crippen LogP contribution in [-0.2, 0) is 16.6 Å². The number of rotatable bonds is 4. The fourth-order valence-corrected chi connectivity index (χ4v) is 3.88. The molecule has 2 aromatic rings. The molecule has 2 N–H and O–H groups in total. The maximum atomic E-state index is 13.8. The van der Waals surface area contributed by atoms with Crippen LogP contribution in [0.5, 0.6) is 0 Å². The van der Waals surface area contributed by atoms with Gasteiger partial charge in [-0.2, -0.15) is 4.31 Å². The molecule has 0 aliphatic heterocycles. The molecule has 1 heterocycles. The van der Waals surface area contributed by atoms with E-state index in [0.717, 1.165) is 16.4 Å². The number of sulfonamides is 1. The predicted octanol–water partition coefficient (Wildman–Crippen LogP) is 2.13. The summed E-state index contributed by atoms with van der Waals surface area (Å²) in [5.74, 6) is -2.42. The van der Waals surface area contributed by atoms with Gasteiger partial charge in [-0.1, -0.05) is 0 Å². The Morgan fingerprint density at radius 1 is 1.33 bits per heavy atom. The minimum Gasteiger partial charge on any atom is -0.399 e. The van der Waals surface area contributed by atoms with Crippen molar-refractivity contribution in [2.75, 3.05) is 12.8 Å². The quantitative estimate of drug-likeness (QED) is 0.870. The van der Waals surface area contributed by atoms with E-state index in [-0.39, 0.29) is 12.2 Å². The molecular formula is C12H13F2N3O2S2. The van der Waals surface area contributed by atoms with Gasteiger partial charge in [-0.3, -0.25) is 0 Å². The van der Waals surface area contributed by atoms with Crippen LogP contribution < -0.4 is 5.73 Å². The van der Waals surface area contributed by atoms with Crippen LogP contribution in [0.2, 0.25) is 0 Å². The van der Waals surface area contributed by atoms with Crippen molar-refractivity contribution in [2.45, 2.75) is 18.4 Å². The van der Waals surface area contributed by atoms with Gasteiger partial charge >= 0.3 is 0 Å². The van der Waals surface area contributed by atoms with E-state index in [4.69, 9.17) is 5.73 Å². The molecule has 0 radical (unpaired) electrons. The van der Waals surface area contributed by atoms with Crippen LogP contribution >= 0.6 is 11.3 Å². The van der Waals surface area contributed by atoms with Crippen molar-refractivity contribution in [1.82, 2.24) is 9.29 Å². The van der Waals surface area contributed by atoms with Crippen LogP contribution in [0.4, 0.5) is 14.5 Å². The summed E-state index contributed by atoms with van der Waals surface area (Å²) < 4.78 is 53.1. The number of nitrogens with two attached hydrogens (primary N) is 1. The first-order chi connectivity index (χ1) is 9.73. The third-order valence-electron chi connectivity index (χ3n) is 2.90. The maximum absolute atomic E-state index is 13.8. The number of aryl methyl sites for hydroxylation is 1. The van der Waals surface area contributed by atoms with Crippen molar-refractivity contribution in [2.24, 2.45) is 0 Å². The molecule has 0 unspecified atom stereocenters. The molecule has 0 aliphatic carbocycles. The van der Waals surface area contributed by atoms with E-state index >= 15 is 0 Å². The zero-order valence-corrected chi connectivity index (χ0v) is 12.9. The van der Waals surface area contributed by atoms with Crippen LogP contribution in [0.25, 0.3) is 0 Å². The van der Waals surface area contributed by atoms with E-state index in [1.807, 2.05) is 0 Å². The van der Waals surface area contributed by atoms with E-state index in [2.05, 4.69) is 4.98 Å². The van der Waals surface area contributed by atoms with Gasteiger partial charge in [0.1, 0.15) is 11.6 Å². The van der Waals surface area contributed by atoms with Crippen LogP contribution in [0.1, 0.15) is 10.6 Å². The number of hydrogen-bond acceptors (Lipinski definition) is 5. The van der Waals surface area contributed by atoms with Crippen molar-refractivity contribution in [1.29, 1.82) is 0 Å². The second-order valence-corrected chi connectivity index (χ2v) is 7.36. The Morgan fingerprint density at radius 3 is 2.38 bits per heavy atom. The summed E-state index contributed by atoms with van der Waals surface area (Å²) in [5.41, 5.74) is 7.37. The van der Waals surface area contributed by atoms with Gasteiger partial charge in [0.05, 0.1) is 11.2 Å². The first kappa shape index (κ1) is 15.8. The van der Waals surface area contributed by atoms with Crippen molar-refractivity contribution in [3.63, 3.8) is 0 Å². The number of hydrogen-bond donors (Lipinski definition) is 1. The molecule has 0 fully saturated rings. The summed E-state index contributed by atoms with van der Waals surface area (Å²) in [6.45, 7) is 1.72. The number of aromatic nitrogens is 1. The first-order valence-electron chi connectivity index (χ1n) is 5.83. The second kappa shape index (κ2) is 5.66. The van der Waals surface area contributed by atoms with Gasteiger partial charge in [0.25, 0.3) is 0 Å². The first-order valence-corrected chi connectivity index (χ1v) is 8.15. The molecule has 0 aliphatic rings. The highest BCUT2D eigenvalue weighted by atomic mass is 32.2. The molecular weight excluding hydrogens is 320 g/mol. The highest BCUT2D eigenvalue weighted by Gasteiger charge is 2.29. The average molecular weight is 333 g/mol. The maximum Gasteiger partial charge on any atom is 0.249 e. The lowest BCUT2D eigenvalue weighted by Crippen LogP contribution is -2.28. The monoisotopic (exact) mass is 333 g/mol. The van der Waals surface area contributed by atoms with E-state index in [0.29, 0.717) is 10.6 Å². The van der Waals surface area contributed by atoms with E-state index in [1.54, 1.807) is 12.4 Å². The van der Waals surface area contributed by atoms with E-state index < -0.39 is 26.6 Å². The Labute approximate surface area is 125 Å². The van der Waals surface area contributed by atoms with E-state index in [9.17, 15) is 17.2 Å². The molecule has 9 heteroatoms. The summed E-state index contributed by atoms with van der Waals surface area (Å²) in [4.78, 5) is 3.71. The van der Waals surface area contributed by atoms with Gasteiger partial charge in [-0.25, -0.2) is 22.2 Å². The Morgan fingerprint density at radius 2 is 1.90 bits per heavy atom. The molecule has 0 saturated carbocycles. The summed E-state index contributed by atoms with van der Waals surface area (Å²) in [6.07, 6.45) is 0. The summed E-state index contributed by atoms with van der Waals surface area (Å²) in [7, 11) is -3.05. The van der Waals surface area contributed by atoms with Crippen molar-refractivity contribution in [3.05, 3.63) is 39.8 Å². The molecule has 21 heavy (non-hydrogen) atoms. The number of halogens is 2. The number of benzene rings is 1. The Bertz CT molecular complexity index is 752. The summed E-state index contributed by atoms with van der Waals surface area (Å²) in [5, 5.41) is 0. The minimum absolute atomic E-state index is 0.0118. The number of thiazole rings is 1. The molecule has 0 amide bonds. The minimum atomic E-state index is -4.30. The molecule has 0 bridgehead atoms. The third kappa shape index (κ3) is 3.04. The molecule has 1 aromatic carbocycles. The molecule has 0 saturated heterocycles. The highest BCUT2D eigenvalue weighted by Crippen LogP contribution is 2.26. The lowest BCUT2D eigenvalue weighted by Gasteiger charge is -2.17. The Kier molecular flexibility index (Phi) is 4.26. The summed E-state index contributed by atoms with van der Waals surface area (Å²) in [6, 6.07) is 1.56. The third-order valence-corrected chi connectivity index (χ3v) is 5.68. The van der Waals surface area contributed by atoms with Gasteiger partial charge in [-0.15, -0.1) is 11.3 Å². The van der Waals surface area contributed by atoms with Gasteiger partial charge < -0.3 is 5.73 Å². The average Bonchev–Trinajstić information content (AvgIpc) is 2.73. The van der Waals surface area contributed by atoms with Crippen molar-refractivity contribution >= 4 is 27.0 Å². The van der Waals surface area contributed by atoms with Crippen LogP contribution in [0, 0.1) is 18.6 Å². The smallest absolute Gasteiger partial charge is 0.249 e. The predicted molar refractivity (Wildman–Crippen MR) is 76.3 cm³/mol. The second-order valence-electron chi connectivity index (χ2n) is 4.44. The summed E-state index contributed by atoms with van der Waals surface area (Å²) >= 11 is 1.28. The fourth-order valence-electron chi connectivity index (χ4n) is 1.75. The van der Waals surface area contributed by atoms with Crippen LogP contribution in [0.15, 0.2) is 22.5 Å². The zero-order chi connectivity index (χ0) is 15.8. The van der Waals surface area contributed by atoms with Gasteiger partial charge in [0.2, 0.25) is 10.0 Å². The topological polar surface area (TPSA) is 76.3 Å². The van der Waals surface area contributed by atoms with Gasteiger partial charge in [0, 0.05) is 24.2 Å². The van der Waals surface area contributed by atoms with Crippen molar-refractivity contribution < 1.29 is 17.2 Å². The molecule has 0 spiro atoms. The van der Waals surface area contributed by atoms with Crippen LogP contribution in [-0.4, -0.2) is 24.8 Å². The fraction of sp³-hybridized carbons (Fsp3) is 0.250. The molecule has 0 atom stereocenters. The Balaban J connectivity index is 2.40. The normalized spacial score (nSPS) is 12.0. The van der Waals surface area contributed by atoms with Crippen molar-refractivity contribution in [3.8, 4) is 0 Å². The lowest BCUT2D eigenvalue weighted by atomic mass is 10.3. The lowest BCUT2D eigenvalue weighted by molar-refractivity contribution is 0.449. The highest BCUT2D eigenvalue weighted by molar-refractivity contribution is 7.89. The number of nitrogens with zero attached hydrogens (tertiary/aromatic N) is 2. The Hall–Kier alpha value is -1.58. The number of anilines is 1. The zero-order valence-electron chi connectivity index (χ0n) is 11.3. The SMILES string of the molecule is Cc1ncsc1CN(C)S(=O)(=O)c1c(F)cc(N)cc1F. The van der Waals surface area contributed by atoms with Gasteiger partial charge in [0.15, 0.2) is 4.90 Å². The van der Waals surface area contributed by atoms with Gasteiger partial charge in [-0.05, 0) is 19.1 Å². The number of nitrogen functional groups attached to an aromatic ring is 1. The molecule has 2 rings (SSSR count). The molecule has 114 valence electrons. The molecule has 1 aromatic heterocycles. The van der Waals surface area contributed by atoms with Crippen LogP contribution in [0.3, 0.4) is 0 Å².